The van der Waals surface area contributed by atoms with Gasteiger partial charge < -0.3 is 10.2 Å². The van der Waals surface area contributed by atoms with Crippen LogP contribution >= 0.6 is 11.6 Å². The third-order valence-electron chi connectivity index (χ3n) is 2.48. The first-order valence-corrected chi connectivity index (χ1v) is 5.51. The molecule has 1 heterocycles. The Morgan fingerprint density at radius 3 is 2.94 bits per heavy atom. The van der Waals surface area contributed by atoms with Gasteiger partial charge in [-0.05, 0) is 31.2 Å². The van der Waals surface area contributed by atoms with E-state index >= 15 is 0 Å². The first-order chi connectivity index (χ1) is 7.74. The van der Waals surface area contributed by atoms with Crippen molar-refractivity contribution in [2.75, 3.05) is 6.54 Å². The predicted molar refractivity (Wildman–Crippen MR) is 63.8 cm³/mol. The van der Waals surface area contributed by atoms with Gasteiger partial charge in [0.05, 0.1) is 11.3 Å². The maximum Gasteiger partial charge on any atom is 0.164 e. The standard InChI is InChI=1S/C12H12ClNO2/c13-12-8(10(15)2-1-6-14)3-4-11-9(12)5-7-16-11/h3-5,7H,1-2,6,14H2. The lowest BCUT2D eigenvalue weighted by molar-refractivity contribution is 0.0981. The third-order valence-corrected chi connectivity index (χ3v) is 2.89. The van der Waals surface area contributed by atoms with Crippen molar-refractivity contribution in [2.24, 2.45) is 5.73 Å². The van der Waals surface area contributed by atoms with E-state index in [2.05, 4.69) is 0 Å². The lowest BCUT2D eigenvalue weighted by Gasteiger charge is -2.03. The Labute approximate surface area is 98.2 Å². The summed E-state index contributed by atoms with van der Waals surface area (Å²) in [5, 5.41) is 1.24. The Bertz CT molecular complexity index is 519. The number of ketones is 1. The van der Waals surface area contributed by atoms with E-state index in [9.17, 15) is 4.79 Å². The summed E-state index contributed by atoms with van der Waals surface area (Å²) < 4.78 is 5.20. The molecule has 0 saturated heterocycles. The molecule has 3 nitrogen and oxygen atoms in total. The summed E-state index contributed by atoms with van der Waals surface area (Å²) in [5.41, 5.74) is 6.61. The number of nitrogens with two attached hydrogens (primary N) is 1. The van der Waals surface area contributed by atoms with Gasteiger partial charge in [-0.15, -0.1) is 0 Å². The van der Waals surface area contributed by atoms with Gasteiger partial charge in [-0.25, -0.2) is 0 Å². The zero-order valence-electron chi connectivity index (χ0n) is 8.70. The number of Topliss-reactive ketones (excluding diaryl/α,β-unsaturated/α-hetero) is 1. The van der Waals surface area contributed by atoms with E-state index in [4.69, 9.17) is 21.8 Å². The monoisotopic (exact) mass is 237 g/mol. The Morgan fingerprint density at radius 1 is 1.38 bits per heavy atom. The topological polar surface area (TPSA) is 56.2 Å². The minimum Gasteiger partial charge on any atom is -0.464 e. The molecular formula is C12H12ClNO2. The fourth-order valence-electron chi connectivity index (χ4n) is 1.62. The quantitative estimate of drug-likeness (QED) is 0.832. The van der Waals surface area contributed by atoms with Crippen LogP contribution in [0.25, 0.3) is 11.0 Å². The largest absolute Gasteiger partial charge is 0.464 e. The van der Waals surface area contributed by atoms with Crippen LogP contribution in [-0.2, 0) is 0 Å². The van der Waals surface area contributed by atoms with Crippen LogP contribution in [0.4, 0.5) is 0 Å². The van der Waals surface area contributed by atoms with E-state index in [1.807, 2.05) is 0 Å². The Hall–Kier alpha value is -1.32. The fraction of sp³-hybridized carbons (Fsp3) is 0.250. The summed E-state index contributed by atoms with van der Waals surface area (Å²) in [4.78, 5) is 11.8. The maximum absolute atomic E-state index is 11.8. The van der Waals surface area contributed by atoms with Gasteiger partial charge in [-0.3, -0.25) is 4.79 Å². The van der Waals surface area contributed by atoms with Crippen molar-refractivity contribution in [3.63, 3.8) is 0 Å². The van der Waals surface area contributed by atoms with E-state index in [1.54, 1.807) is 24.5 Å². The summed E-state index contributed by atoms with van der Waals surface area (Å²) in [7, 11) is 0. The molecule has 0 fully saturated rings. The van der Waals surface area contributed by atoms with Gasteiger partial charge in [0.25, 0.3) is 0 Å². The molecule has 0 aliphatic rings. The number of hydrogen-bond donors (Lipinski definition) is 1. The van der Waals surface area contributed by atoms with Crippen molar-refractivity contribution in [1.82, 2.24) is 0 Å². The SMILES string of the molecule is NCCCC(=O)c1ccc2occc2c1Cl. The minimum atomic E-state index is 0.0264. The normalized spacial score (nSPS) is 10.9. The number of fused-ring (bicyclic) bond motifs is 1. The van der Waals surface area contributed by atoms with Gasteiger partial charge in [0, 0.05) is 17.4 Å². The highest BCUT2D eigenvalue weighted by molar-refractivity contribution is 6.38. The van der Waals surface area contributed by atoms with Gasteiger partial charge in [0.2, 0.25) is 0 Å². The zero-order chi connectivity index (χ0) is 11.5. The molecule has 1 aromatic carbocycles. The molecular weight excluding hydrogens is 226 g/mol. The molecule has 2 N–H and O–H groups in total. The van der Waals surface area contributed by atoms with E-state index < -0.39 is 0 Å². The molecule has 2 aromatic rings. The van der Waals surface area contributed by atoms with E-state index in [-0.39, 0.29) is 5.78 Å². The zero-order valence-corrected chi connectivity index (χ0v) is 9.46. The minimum absolute atomic E-state index is 0.0264. The van der Waals surface area contributed by atoms with Crippen molar-refractivity contribution in [1.29, 1.82) is 0 Å². The fourth-order valence-corrected chi connectivity index (χ4v) is 1.95. The van der Waals surface area contributed by atoms with Crippen LogP contribution in [0.3, 0.4) is 0 Å². The van der Waals surface area contributed by atoms with E-state index in [0.717, 1.165) is 5.39 Å². The molecule has 0 unspecified atom stereocenters. The van der Waals surface area contributed by atoms with Gasteiger partial charge in [0.15, 0.2) is 5.78 Å². The number of halogens is 1. The van der Waals surface area contributed by atoms with Crippen molar-refractivity contribution < 1.29 is 9.21 Å². The molecule has 16 heavy (non-hydrogen) atoms. The molecule has 0 spiro atoms. The first-order valence-electron chi connectivity index (χ1n) is 5.13. The smallest absolute Gasteiger partial charge is 0.164 e. The second-order valence-electron chi connectivity index (χ2n) is 3.57. The van der Waals surface area contributed by atoms with Crippen LogP contribution in [-0.4, -0.2) is 12.3 Å². The van der Waals surface area contributed by atoms with Gasteiger partial charge in [0.1, 0.15) is 5.58 Å². The molecule has 0 aliphatic carbocycles. The maximum atomic E-state index is 11.8. The average molecular weight is 238 g/mol. The predicted octanol–water partition coefficient (Wildman–Crippen LogP) is 3.01. The summed E-state index contributed by atoms with van der Waals surface area (Å²) in [6, 6.07) is 5.22. The molecule has 0 bridgehead atoms. The molecule has 0 radical (unpaired) electrons. The van der Waals surface area contributed by atoms with Crippen molar-refractivity contribution >= 4 is 28.4 Å². The Kier molecular flexibility index (Phi) is 3.27. The van der Waals surface area contributed by atoms with Crippen molar-refractivity contribution in [3.05, 3.63) is 35.0 Å². The summed E-state index contributed by atoms with van der Waals surface area (Å²) in [5.74, 6) is 0.0264. The van der Waals surface area contributed by atoms with Crippen LogP contribution in [0.2, 0.25) is 5.02 Å². The number of rotatable bonds is 4. The number of carbonyl (C=O) groups excluding carboxylic acids is 1. The van der Waals surface area contributed by atoms with Crippen LogP contribution in [0.5, 0.6) is 0 Å². The highest BCUT2D eigenvalue weighted by Gasteiger charge is 2.13. The first kappa shape index (κ1) is 11.2. The van der Waals surface area contributed by atoms with Crippen molar-refractivity contribution in [2.45, 2.75) is 12.8 Å². The molecule has 0 amide bonds. The van der Waals surface area contributed by atoms with Crippen LogP contribution in [0.15, 0.2) is 28.9 Å². The molecule has 4 heteroatoms. The van der Waals surface area contributed by atoms with Crippen LogP contribution in [0.1, 0.15) is 23.2 Å². The van der Waals surface area contributed by atoms with Gasteiger partial charge in [-0.1, -0.05) is 11.6 Å². The summed E-state index contributed by atoms with van der Waals surface area (Å²) in [6.07, 6.45) is 2.67. The number of carbonyl (C=O) groups is 1. The lowest BCUT2D eigenvalue weighted by Crippen LogP contribution is -2.05. The highest BCUT2D eigenvalue weighted by Crippen LogP contribution is 2.28. The van der Waals surface area contributed by atoms with Crippen LogP contribution < -0.4 is 5.73 Å². The third kappa shape index (κ3) is 1.96. The molecule has 2 rings (SSSR count). The molecule has 84 valence electrons. The molecule has 0 atom stereocenters. The van der Waals surface area contributed by atoms with Gasteiger partial charge in [-0.2, -0.15) is 0 Å². The van der Waals surface area contributed by atoms with Crippen molar-refractivity contribution in [3.8, 4) is 0 Å². The molecule has 0 saturated carbocycles. The summed E-state index contributed by atoms with van der Waals surface area (Å²) in [6.45, 7) is 0.511. The average Bonchev–Trinajstić information content (AvgIpc) is 2.75. The number of furan rings is 1. The Morgan fingerprint density at radius 2 is 2.19 bits per heavy atom. The molecule has 1 aromatic heterocycles. The number of hydrogen-bond acceptors (Lipinski definition) is 3. The second-order valence-corrected chi connectivity index (χ2v) is 3.95. The Balaban J connectivity index is 2.37. The number of benzene rings is 1. The summed E-state index contributed by atoms with van der Waals surface area (Å²) >= 11 is 6.14. The van der Waals surface area contributed by atoms with Gasteiger partial charge >= 0.3 is 0 Å². The lowest BCUT2D eigenvalue weighted by atomic mass is 10.0. The highest BCUT2D eigenvalue weighted by atomic mass is 35.5. The second kappa shape index (κ2) is 4.68. The van der Waals surface area contributed by atoms with E-state index in [0.29, 0.717) is 35.6 Å². The van der Waals surface area contributed by atoms with E-state index in [1.165, 1.54) is 0 Å². The van der Waals surface area contributed by atoms with Crippen LogP contribution in [0, 0.1) is 0 Å². The molecule has 0 aliphatic heterocycles.